The highest BCUT2D eigenvalue weighted by molar-refractivity contribution is 5.82. The zero-order chi connectivity index (χ0) is 16.6. The van der Waals surface area contributed by atoms with E-state index in [9.17, 15) is 18.4 Å². The molecule has 0 heterocycles. The zero-order valence-corrected chi connectivity index (χ0v) is 12.7. The molecule has 0 radical (unpaired) electrons. The van der Waals surface area contributed by atoms with E-state index in [1.807, 2.05) is 0 Å². The van der Waals surface area contributed by atoms with Gasteiger partial charge >= 0.3 is 5.97 Å². The van der Waals surface area contributed by atoms with Crippen molar-refractivity contribution in [3.05, 3.63) is 35.4 Å². The molecule has 0 spiro atoms. The largest absolute Gasteiger partial charge is 0.481 e. The molecule has 0 bridgehead atoms. The molecule has 0 unspecified atom stereocenters. The van der Waals surface area contributed by atoms with Crippen molar-refractivity contribution in [1.29, 1.82) is 0 Å². The highest BCUT2D eigenvalue weighted by Crippen LogP contribution is 2.54. The van der Waals surface area contributed by atoms with Crippen LogP contribution < -0.4 is 0 Å². The monoisotopic (exact) mass is 323 g/mol. The van der Waals surface area contributed by atoms with Crippen LogP contribution in [0.15, 0.2) is 18.2 Å². The van der Waals surface area contributed by atoms with Crippen molar-refractivity contribution in [2.75, 3.05) is 6.54 Å². The fourth-order valence-corrected chi connectivity index (χ4v) is 3.13. The van der Waals surface area contributed by atoms with E-state index in [-0.39, 0.29) is 31.3 Å². The van der Waals surface area contributed by atoms with E-state index in [4.69, 9.17) is 5.11 Å². The van der Waals surface area contributed by atoms with Gasteiger partial charge in [0.1, 0.15) is 0 Å². The molecule has 2 aliphatic carbocycles. The normalized spacial score (nSPS) is 22.7. The number of hydrogen-bond acceptors (Lipinski definition) is 2. The Bertz CT molecular complexity index is 630. The first-order valence-electron chi connectivity index (χ1n) is 7.90. The van der Waals surface area contributed by atoms with Crippen molar-refractivity contribution in [3.8, 4) is 0 Å². The number of carbonyl (C=O) groups is 2. The third-order valence-corrected chi connectivity index (χ3v) is 4.65. The number of rotatable bonds is 7. The molecule has 23 heavy (non-hydrogen) atoms. The van der Waals surface area contributed by atoms with Gasteiger partial charge in [-0.2, -0.15) is 0 Å². The number of aliphatic carboxylic acids is 1. The van der Waals surface area contributed by atoms with Crippen LogP contribution in [0.5, 0.6) is 0 Å². The topological polar surface area (TPSA) is 57.6 Å². The van der Waals surface area contributed by atoms with Gasteiger partial charge in [0.15, 0.2) is 11.6 Å². The summed E-state index contributed by atoms with van der Waals surface area (Å²) in [6.07, 6.45) is 3.06. The Kier molecular flexibility index (Phi) is 4.33. The Morgan fingerprint density at radius 2 is 1.96 bits per heavy atom. The zero-order valence-electron chi connectivity index (χ0n) is 12.7. The summed E-state index contributed by atoms with van der Waals surface area (Å²) in [5, 5.41) is 8.85. The third-order valence-electron chi connectivity index (χ3n) is 4.65. The van der Waals surface area contributed by atoms with Gasteiger partial charge < -0.3 is 10.0 Å². The molecule has 0 aromatic heterocycles. The smallest absolute Gasteiger partial charge is 0.305 e. The van der Waals surface area contributed by atoms with Gasteiger partial charge in [0, 0.05) is 19.0 Å². The molecule has 0 aliphatic heterocycles. The Labute approximate surface area is 133 Å². The van der Waals surface area contributed by atoms with Crippen LogP contribution in [-0.2, 0) is 16.1 Å². The van der Waals surface area contributed by atoms with E-state index in [2.05, 4.69) is 0 Å². The predicted octanol–water partition coefficient (Wildman–Crippen LogP) is 2.81. The average Bonchev–Trinajstić information content (AvgIpc) is 3.37. The minimum Gasteiger partial charge on any atom is -0.481 e. The number of carboxylic acid groups (broad SMARTS) is 1. The first-order chi connectivity index (χ1) is 11.0. The number of hydrogen-bond donors (Lipinski definition) is 1. The van der Waals surface area contributed by atoms with Crippen LogP contribution in [0.3, 0.4) is 0 Å². The number of carbonyl (C=O) groups excluding carboxylic acids is 1. The Balaban J connectivity index is 1.68. The molecular formula is C17H19F2NO3. The number of amides is 1. The van der Waals surface area contributed by atoms with E-state index in [0.29, 0.717) is 17.4 Å². The molecule has 2 atom stereocenters. The number of carboxylic acids is 1. The fraction of sp³-hybridized carbons (Fsp3) is 0.529. The number of halogens is 2. The molecule has 1 aromatic carbocycles. The van der Waals surface area contributed by atoms with Gasteiger partial charge in [0.2, 0.25) is 5.91 Å². The maximum atomic E-state index is 13.3. The highest BCUT2D eigenvalue weighted by atomic mass is 19.2. The van der Waals surface area contributed by atoms with Crippen molar-refractivity contribution in [2.45, 2.75) is 32.2 Å². The second-order valence-electron chi connectivity index (χ2n) is 6.50. The Hall–Kier alpha value is -1.98. The Morgan fingerprint density at radius 1 is 1.22 bits per heavy atom. The first-order valence-corrected chi connectivity index (χ1v) is 7.90. The van der Waals surface area contributed by atoms with E-state index in [1.165, 1.54) is 23.8 Å². The second-order valence-corrected chi connectivity index (χ2v) is 6.50. The molecule has 2 aliphatic rings. The summed E-state index contributed by atoms with van der Waals surface area (Å²) in [4.78, 5) is 24.8. The minimum absolute atomic E-state index is 0.0263. The van der Waals surface area contributed by atoms with E-state index >= 15 is 0 Å². The molecule has 1 aromatic rings. The van der Waals surface area contributed by atoms with Crippen molar-refractivity contribution in [3.63, 3.8) is 0 Å². The first kappa shape index (κ1) is 15.9. The van der Waals surface area contributed by atoms with Gasteiger partial charge in [-0.25, -0.2) is 8.78 Å². The van der Waals surface area contributed by atoms with Crippen molar-refractivity contribution in [2.24, 2.45) is 17.8 Å². The summed E-state index contributed by atoms with van der Waals surface area (Å²) in [6.45, 7) is 0.193. The lowest BCUT2D eigenvalue weighted by molar-refractivity contribution is -0.139. The van der Waals surface area contributed by atoms with Gasteiger partial charge in [0.05, 0.1) is 6.42 Å². The molecule has 4 nitrogen and oxygen atoms in total. The molecule has 124 valence electrons. The summed E-state index contributed by atoms with van der Waals surface area (Å²) >= 11 is 0. The predicted molar refractivity (Wildman–Crippen MR) is 78.3 cm³/mol. The quantitative estimate of drug-likeness (QED) is 0.839. The fourth-order valence-electron chi connectivity index (χ4n) is 3.13. The van der Waals surface area contributed by atoms with Crippen molar-refractivity contribution >= 4 is 11.9 Å². The second kappa shape index (κ2) is 6.26. The maximum absolute atomic E-state index is 13.3. The van der Waals surface area contributed by atoms with E-state index in [0.717, 1.165) is 18.6 Å². The molecule has 3 rings (SSSR count). The highest BCUT2D eigenvalue weighted by Gasteiger charge is 2.52. The van der Waals surface area contributed by atoms with Gasteiger partial charge in [-0.3, -0.25) is 9.59 Å². The lowest BCUT2D eigenvalue weighted by atomic mass is 10.1. The average molecular weight is 323 g/mol. The summed E-state index contributed by atoms with van der Waals surface area (Å²) in [6, 6.07) is 3.50. The third kappa shape index (κ3) is 3.86. The lowest BCUT2D eigenvalue weighted by Crippen LogP contribution is -2.34. The number of nitrogens with zero attached hydrogens (tertiary/aromatic N) is 1. The molecule has 1 N–H and O–H groups in total. The van der Waals surface area contributed by atoms with Crippen LogP contribution in [0.4, 0.5) is 8.78 Å². The maximum Gasteiger partial charge on any atom is 0.305 e. The standard InChI is InChI=1S/C17H19F2NO3/c18-14-4-1-10(7-15(14)19)9-20(6-5-16(21)22)17(23)13-8-12(13)11-2-3-11/h1,4,7,11-13H,2-3,5-6,8-9H2,(H,21,22)/t12-,13-/m1/s1. The van der Waals surface area contributed by atoms with Gasteiger partial charge in [-0.15, -0.1) is 0 Å². The molecule has 0 saturated heterocycles. The van der Waals surface area contributed by atoms with Crippen molar-refractivity contribution in [1.82, 2.24) is 4.90 Å². The summed E-state index contributed by atoms with van der Waals surface area (Å²) in [7, 11) is 0. The van der Waals surface area contributed by atoms with Gasteiger partial charge in [-0.1, -0.05) is 6.07 Å². The summed E-state index contributed by atoms with van der Waals surface area (Å²) in [5.74, 6) is -1.89. The SMILES string of the molecule is O=C(O)CCN(Cc1ccc(F)c(F)c1)C(=O)[C@@H]1C[C@@H]1C1CC1. The van der Waals surface area contributed by atoms with Crippen LogP contribution in [0.1, 0.15) is 31.2 Å². The van der Waals surface area contributed by atoms with Crippen LogP contribution in [0.25, 0.3) is 0 Å². The molecule has 6 heteroatoms. The van der Waals surface area contributed by atoms with Crippen LogP contribution >= 0.6 is 0 Å². The molecule has 2 saturated carbocycles. The summed E-state index contributed by atoms with van der Waals surface area (Å²) in [5.41, 5.74) is 0.464. The van der Waals surface area contributed by atoms with Crippen LogP contribution in [-0.4, -0.2) is 28.4 Å². The van der Waals surface area contributed by atoms with Gasteiger partial charge in [0.25, 0.3) is 0 Å². The van der Waals surface area contributed by atoms with Gasteiger partial charge in [-0.05, 0) is 48.8 Å². The summed E-state index contributed by atoms with van der Waals surface area (Å²) < 4.78 is 26.3. The lowest BCUT2D eigenvalue weighted by Gasteiger charge is -2.22. The van der Waals surface area contributed by atoms with Crippen LogP contribution in [0.2, 0.25) is 0 Å². The number of benzene rings is 1. The van der Waals surface area contributed by atoms with Crippen LogP contribution in [0, 0.1) is 29.4 Å². The van der Waals surface area contributed by atoms with E-state index < -0.39 is 17.6 Å². The molecule has 2 fully saturated rings. The minimum atomic E-state index is -0.984. The van der Waals surface area contributed by atoms with Crippen molar-refractivity contribution < 1.29 is 23.5 Å². The van der Waals surface area contributed by atoms with E-state index in [1.54, 1.807) is 0 Å². The Morgan fingerprint density at radius 3 is 2.57 bits per heavy atom. The molecule has 1 amide bonds. The molecular weight excluding hydrogens is 304 g/mol.